The van der Waals surface area contributed by atoms with E-state index in [4.69, 9.17) is 14.2 Å². The van der Waals surface area contributed by atoms with E-state index in [1.807, 2.05) is 6.08 Å². The van der Waals surface area contributed by atoms with E-state index in [-0.39, 0.29) is 18.5 Å². The van der Waals surface area contributed by atoms with Crippen molar-refractivity contribution in [2.75, 3.05) is 19.8 Å². The lowest BCUT2D eigenvalue weighted by atomic mass is 9.99. The van der Waals surface area contributed by atoms with Gasteiger partial charge >= 0.3 is 5.97 Å². The number of amides is 1. The van der Waals surface area contributed by atoms with Gasteiger partial charge in [0.2, 0.25) is 5.91 Å². The van der Waals surface area contributed by atoms with E-state index in [0.717, 1.165) is 70.6 Å². The number of hydrogen-bond acceptors (Lipinski definition) is 10. The van der Waals surface area contributed by atoms with E-state index in [1.165, 1.54) is 154 Å². The van der Waals surface area contributed by atoms with Crippen LogP contribution in [0.15, 0.2) is 24.3 Å². The van der Waals surface area contributed by atoms with Crippen LogP contribution in [-0.2, 0) is 23.8 Å². The standard InChI is InChI=1S/C55H103NO10/c1-3-5-7-9-11-13-14-19-23-27-31-35-39-43-51(60)64-44-40-36-32-28-24-21-18-16-15-17-20-22-26-30-34-38-42-50(59)56-47(48(58)41-37-33-29-25-12-10-8-6-4-2)46-65-55-54(63)53(62)52(61)49(45-57)66-55/h13-14,37,41,47-49,52-55,57-58,61-63H,3-12,15-36,38-40,42-46H2,1-2H3,(H,56,59)/b14-13-,41-37+. The molecule has 7 unspecified atom stereocenters. The first kappa shape index (κ1) is 62.2. The summed E-state index contributed by atoms with van der Waals surface area (Å²) in [7, 11) is 0. The van der Waals surface area contributed by atoms with Crippen LogP contribution in [0.1, 0.15) is 251 Å². The minimum Gasteiger partial charge on any atom is -0.466 e. The molecule has 0 radical (unpaired) electrons. The predicted octanol–water partition coefficient (Wildman–Crippen LogP) is 11.8. The minimum atomic E-state index is -1.57. The monoisotopic (exact) mass is 938 g/mol. The average Bonchev–Trinajstić information content (AvgIpc) is 3.31. The summed E-state index contributed by atoms with van der Waals surface area (Å²) in [6.07, 6.45) is 42.6. The third-order valence-electron chi connectivity index (χ3n) is 13.1. The lowest BCUT2D eigenvalue weighted by Crippen LogP contribution is -2.60. The van der Waals surface area contributed by atoms with E-state index in [1.54, 1.807) is 6.08 Å². The zero-order valence-electron chi connectivity index (χ0n) is 42.4. The Morgan fingerprint density at radius 1 is 0.545 bits per heavy atom. The highest BCUT2D eigenvalue weighted by Crippen LogP contribution is 2.23. The number of nitrogens with one attached hydrogen (secondary N) is 1. The first-order valence-corrected chi connectivity index (χ1v) is 27.6. The molecule has 388 valence electrons. The van der Waals surface area contributed by atoms with Crippen molar-refractivity contribution >= 4 is 11.9 Å². The second-order valence-electron chi connectivity index (χ2n) is 19.3. The van der Waals surface area contributed by atoms with Crippen molar-refractivity contribution in [1.29, 1.82) is 0 Å². The molecule has 1 amide bonds. The number of aliphatic hydroxyl groups excluding tert-OH is 5. The third-order valence-corrected chi connectivity index (χ3v) is 13.1. The lowest BCUT2D eigenvalue weighted by Gasteiger charge is -2.40. The Labute approximate surface area is 403 Å². The zero-order chi connectivity index (χ0) is 48.1. The Morgan fingerprint density at radius 2 is 0.970 bits per heavy atom. The van der Waals surface area contributed by atoms with Gasteiger partial charge in [0.15, 0.2) is 6.29 Å². The molecule has 11 nitrogen and oxygen atoms in total. The van der Waals surface area contributed by atoms with Crippen LogP contribution in [0.4, 0.5) is 0 Å². The molecule has 0 saturated carbocycles. The molecule has 1 aliphatic rings. The van der Waals surface area contributed by atoms with Gasteiger partial charge in [0, 0.05) is 12.8 Å². The summed E-state index contributed by atoms with van der Waals surface area (Å²) in [5, 5.41) is 54.1. The van der Waals surface area contributed by atoms with E-state index >= 15 is 0 Å². The van der Waals surface area contributed by atoms with Crippen LogP contribution in [0, 0.1) is 0 Å². The molecular formula is C55H103NO10. The van der Waals surface area contributed by atoms with Gasteiger partial charge in [-0.05, 0) is 57.8 Å². The molecule has 1 saturated heterocycles. The SMILES string of the molecule is CCCCCC/C=C\CCCCCCCC(=O)OCCCCCCCCCCCCCCCCCCC(=O)NC(COC1OC(CO)C(O)C(O)C1O)C(O)/C=C/CCCCCCCCC. The summed E-state index contributed by atoms with van der Waals surface area (Å²) in [5.41, 5.74) is 0. The van der Waals surface area contributed by atoms with Gasteiger partial charge in [-0.15, -0.1) is 0 Å². The van der Waals surface area contributed by atoms with Crippen LogP contribution in [0.5, 0.6) is 0 Å². The molecule has 0 spiro atoms. The molecule has 1 aliphatic heterocycles. The third kappa shape index (κ3) is 35.3. The Morgan fingerprint density at radius 3 is 1.47 bits per heavy atom. The lowest BCUT2D eigenvalue weighted by molar-refractivity contribution is -0.302. The van der Waals surface area contributed by atoms with Crippen LogP contribution in [-0.4, -0.2) is 100 Å². The smallest absolute Gasteiger partial charge is 0.305 e. The van der Waals surface area contributed by atoms with E-state index in [9.17, 15) is 35.1 Å². The zero-order valence-corrected chi connectivity index (χ0v) is 42.4. The average molecular weight is 938 g/mol. The summed E-state index contributed by atoms with van der Waals surface area (Å²) < 4.78 is 16.6. The number of esters is 1. The van der Waals surface area contributed by atoms with Crippen LogP contribution in [0.25, 0.3) is 0 Å². The van der Waals surface area contributed by atoms with Gasteiger partial charge in [-0.1, -0.05) is 205 Å². The number of rotatable bonds is 47. The number of unbranched alkanes of at least 4 members (excludes halogenated alkanes) is 31. The van der Waals surface area contributed by atoms with Crippen molar-refractivity contribution in [3.63, 3.8) is 0 Å². The van der Waals surface area contributed by atoms with Gasteiger partial charge in [0.05, 0.1) is 32.0 Å². The molecule has 66 heavy (non-hydrogen) atoms. The largest absolute Gasteiger partial charge is 0.466 e. The fraction of sp³-hybridized carbons (Fsp3) is 0.891. The van der Waals surface area contributed by atoms with Gasteiger partial charge < -0.3 is 45.1 Å². The van der Waals surface area contributed by atoms with Crippen molar-refractivity contribution < 1.29 is 49.3 Å². The van der Waals surface area contributed by atoms with Crippen molar-refractivity contribution in [2.24, 2.45) is 0 Å². The molecule has 0 aliphatic carbocycles. The maximum Gasteiger partial charge on any atom is 0.305 e. The number of ether oxygens (including phenoxy) is 3. The molecule has 1 heterocycles. The van der Waals surface area contributed by atoms with E-state index in [2.05, 4.69) is 31.3 Å². The second-order valence-corrected chi connectivity index (χ2v) is 19.3. The minimum absolute atomic E-state index is 0.0244. The molecule has 7 atom stereocenters. The van der Waals surface area contributed by atoms with Gasteiger partial charge in [-0.25, -0.2) is 0 Å². The summed E-state index contributed by atoms with van der Waals surface area (Å²) >= 11 is 0. The first-order chi connectivity index (χ1) is 32.2. The Balaban J connectivity index is 2.07. The number of carbonyl (C=O) groups excluding carboxylic acids is 2. The van der Waals surface area contributed by atoms with Crippen LogP contribution in [0.2, 0.25) is 0 Å². The first-order valence-electron chi connectivity index (χ1n) is 27.6. The van der Waals surface area contributed by atoms with Crippen LogP contribution >= 0.6 is 0 Å². The fourth-order valence-electron chi connectivity index (χ4n) is 8.60. The van der Waals surface area contributed by atoms with Crippen molar-refractivity contribution in [3.05, 3.63) is 24.3 Å². The van der Waals surface area contributed by atoms with Gasteiger partial charge in [0.1, 0.15) is 24.4 Å². The van der Waals surface area contributed by atoms with Gasteiger partial charge in [0.25, 0.3) is 0 Å². The highest BCUT2D eigenvalue weighted by atomic mass is 16.7. The van der Waals surface area contributed by atoms with E-state index in [0.29, 0.717) is 19.4 Å². The van der Waals surface area contributed by atoms with Gasteiger partial charge in [-0.2, -0.15) is 0 Å². The number of allylic oxidation sites excluding steroid dienone is 3. The highest BCUT2D eigenvalue weighted by Gasteiger charge is 2.44. The normalized spacial score (nSPS) is 19.8. The quantitative estimate of drug-likeness (QED) is 0.0196. The molecule has 6 N–H and O–H groups in total. The summed E-state index contributed by atoms with van der Waals surface area (Å²) in [6.45, 7) is 4.27. The maximum atomic E-state index is 13.0. The summed E-state index contributed by atoms with van der Waals surface area (Å²) in [5.74, 6) is -0.215. The molecular weight excluding hydrogens is 835 g/mol. The van der Waals surface area contributed by atoms with Crippen LogP contribution in [0.3, 0.4) is 0 Å². The molecule has 11 heteroatoms. The van der Waals surface area contributed by atoms with E-state index < -0.39 is 49.5 Å². The Hall–Kier alpha value is -1.86. The van der Waals surface area contributed by atoms with Crippen LogP contribution < -0.4 is 5.32 Å². The topological polar surface area (TPSA) is 175 Å². The second kappa shape index (κ2) is 45.6. The summed E-state index contributed by atoms with van der Waals surface area (Å²) in [6, 6.07) is -0.813. The molecule has 1 rings (SSSR count). The van der Waals surface area contributed by atoms with Crippen molar-refractivity contribution in [2.45, 2.75) is 294 Å². The fourth-order valence-corrected chi connectivity index (χ4v) is 8.60. The Bertz CT molecular complexity index is 1150. The van der Waals surface area contributed by atoms with Crippen molar-refractivity contribution in [3.8, 4) is 0 Å². The maximum absolute atomic E-state index is 13.0. The number of aliphatic hydroxyl groups is 5. The Kier molecular flexibility index (Phi) is 42.9. The summed E-state index contributed by atoms with van der Waals surface area (Å²) in [4.78, 5) is 25.0. The highest BCUT2D eigenvalue weighted by molar-refractivity contribution is 5.76. The molecule has 0 aromatic carbocycles. The number of carbonyl (C=O) groups is 2. The number of hydrogen-bond donors (Lipinski definition) is 6. The molecule has 0 aromatic heterocycles. The van der Waals surface area contributed by atoms with Gasteiger partial charge in [-0.3, -0.25) is 9.59 Å². The van der Waals surface area contributed by atoms with Crippen molar-refractivity contribution in [1.82, 2.24) is 5.32 Å². The predicted molar refractivity (Wildman–Crippen MR) is 269 cm³/mol. The molecule has 0 bridgehead atoms. The molecule has 1 fully saturated rings. The molecule has 0 aromatic rings.